The van der Waals surface area contributed by atoms with Crippen molar-refractivity contribution in [3.05, 3.63) is 95.0 Å². The Bertz CT molecular complexity index is 1020. The average Bonchev–Trinajstić information content (AvgIpc) is 2.79. The summed E-state index contributed by atoms with van der Waals surface area (Å²) in [6.07, 6.45) is 0. The number of rotatable bonds is 8. The van der Waals surface area contributed by atoms with Crippen LogP contribution in [0.15, 0.2) is 78.9 Å². The number of carbonyl (C=O) groups excluding carboxylic acids is 2. The molecule has 0 aliphatic carbocycles. The summed E-state index contributed by atoms with van der Waals surface area (Å²) in [4.78, 5) is 26.7. The van der Waals surface area contributed by atoms with Gasteiger partial charge < -0.3 is 15.5 Å². The number of benzene rings is 3. The summed E-state index contributed by atoms with van der Waals surface area (Å²) in [7, 11) is 3.86. The number of amides is 2. The average molecular weight is 436 g/mol. The Labute approximate surface area is 188 Å². The maximum atomic E-state index is 12.4. The van der Waals surface area contributed by atoms with Crippen LogP contribution < -0.4 is 10.6 Å². The Morgan fingerprint density at radius 1 is 0.839 bits per heavy atom. The molecule has 0 saturated heterocycles. The maximum absolute atomic E-state index is 12.4. The van der Waals surface area contributed by atoms with Gasteiger partial charge in [-0.1, -0.05) is 72.3 Å². The number of halogens is 1. The standard InChI is InChI=1S/C25H26ClN3O2/c1-29(2)23(21-10-6-7-11-22(21)26)16-27-24(30)17-28-25(31)20-14-12-19(13-15-20)18-8-4-3-5-9-18/h3-15,23H,16-17H2,1-2H3,(H,27,30)(H,28,31). The van der Waals surface area contributed by atoms with E-state index < -0.39 is 0 Å². The molecule has 31 heavy (non-hydrogen) atoms. The first-order chi connectivity index (χ1) is 15.0. The summed E-state index contributed by atoms with van der Waals surface area (Å²) in [5, 5.41) is 6.20. The molecule has 0 heterocycles. The van der Waals surface area contributed by atoms with Crippen molar-refractivity contribution in [3.8, 4) is 11.1 Å². The van der Waals surface area contributed by atoms with Gasteiger partial charge in [0.2, 0.25) is 5.91 Å². The number of hydrogen-bond acceptors (Lipinski definition) is 3. The van der Waals surface area contributed by atoms with E-state index in [1.165, 1.54) is 0 Å². The van der Waals surface area contributed by atoms with Gasteiger partial charge in [0.1, 0.15) is 0 Å². The SMILES string of the molecule is CN(C)C(CNC(=O)CNC(=O)c1ccc(-c2ccccc2)cc1)c1ccccc1Cl. The molecule has 1 unspecified atom stereocenters. The van der Waals surface area contributed by atoms with Gasteiger partial charge >= 0.3 is 0 Å². The van der Waals surface area contributed by atoms with Crippen molar-refractivity contribution in [2.45, 2.75) is 6.04 Å². The molecule has 0 spiro atoms. The highest BCUT2D eigenvalue weighted by Gasteiger charge is 2.18. The molecular weight excluding hydrogens is 410 g/mol. The third-order valence-electron chi connectivity index (χ3n) is 5.04. The van der Waals surface area contributed by atoms with Crippen LogP contribution in [0.25, 0.3) is 11.1 Å². The van der Waals surface area contributed by atoms with Gasteiger partial charge in [-0.2, -0.15) is 0 Å². The Kier molecular flexibility index (Phi) is 7.82. The zero-order chi connectivity index (χ0) is 22.2. The molecular formula is C25H26ClN3O2. The molecule has 2 N–H and O–H groups in total. The van der Waals surface area contributed by atoms with Crippen LogP contribution in [0.2, 0.25) is 5.02 Å². The number of carbonyl (C=O) groups is 2. The van der Waals surface area contributed by atoms with Crippen LogP contribution >= 0.6 is 11.6 Å². The molecule has 3 rings (SSSR count). The first-order valence-electron chi connectivity index (χ1n) is 10.1. The largest absolute Gasteiger partial charge is 0.353 e. The van der Waals surface area contributed by atoms with E-state index in [1.54, 1.807) is 12.1 Å². The van der Waals surface area contributed by atoms with Gasteiger partial charge in [0.25, 0.3) is 5.91 Å². The first-order valence-corrected chi connectivity index (χ1v) is 10.4. The number of nitrogens with zero attached hydrogens (tertiary/aromatic N) is 1. The fraction of sp³-hybridized carbons (Fsp3) is 0.200. The second-order valence-corrected chi connectivity index (χ2v) is 7.84. The zero-order valence-electron chi connectivity index (χ0n) is 17.6. The zero-order valence-corrected chi connectivity index (χ0v) is 18.4. The normalized spacial score (nSPS) is 11.7. The molecule has 3 aromatic rings. The molecule has 6 heteroatoms. The lowest BCUT2D eigenvalue weighted by Crippen LogP contribution is -2.40. The van der Waals surface area contributed by atoms with E-state index in [2.05, 4.69) is 10.6 Å². The summed E-state index contributed by atoms with van der Waals surface area (Å²) in [6.45, 7) is 0.291. The van der Waals surface area contributed by atoms with Gasteiger partial charge in [0.05, 0.1) is 12.6 Å². The van der Waals surface area contributed by atoms with Gasteiger partial charge in [-0.25, -0.2) is 0 Å². The predicted octanol–water partition coefficient (Wildman–Crippen LogP) is 4.16. The molecule has 5 nitrogen and oxygen atoms in total. The molecule has 3 aromatic carbocycles. The minimum atomic E-state index is -0.287. The summed E-state index contributed by atoms with van der Waals surface area (Å²) in [5.41, 5.74) is 3.57. The Hall–Kier alpha value is -3.15. The highest BCUT2D eigenvalue weighted by Crippen LogP contribution is 2.25. The summed E-state index contributed by atoms with van der Waals surface area (Å²) in [5.74, 6) is -0.543. The van der Waals surface area contributed by atoms with Gasteiger partial charge in [0, 0.05) is 17.1 Å². The van der Waals surface area contributed by atoms with E-state index >= 15 is 0 Å². The molecule has 0 saturated carbocycles. The number of hydrogen-bond donors (Lipinski definition) is 2. The van der Waals surface area contributed by atoms with Crippen molar-refractivity contribution in [3.63, 3.8) is 0 Å². The minimum absolute atomic E-state index is 0.0705. The van der Waals surface area contributed by atoms with Crippen molar-refractivity contribution >= 4 is 23.4 Å². The highest BCUT2D eigenvalue weighted by atomic mass is 35.5. The maximum Gasteiger partial charge on any atom is 0.251 e. The lowest BCUT2D eigenvalue weighted by atomic mass is 10.0. The van der Waals surface area contributed by atoms with Crippen molar-refractivity contribution in [2.75, 3.05) is 27.2 Å². The second-order valence-electron chi connectivity index (χ2n) is 7.43. The predicted molar refractivity (Wildman–Crippen MR) is 125 cm³/mol. The monoisotopic (exact) mass is 435 g/mol. The van der Waals surface area contributed by atoms with Crippen molar-refractivity contribution < 1.29 is 9.59 Å². The van der Waals surface area contributed by atoms with Crippen LogP contribution in [0.4, 0.5) is 0 Å². The van der Waals surface area contributed by atoms with E-state index in [4.69, 9.17) is 11.6 Å². The Morgan fingerprint density at radius 2 is 1.45 bits per heavy atom. The van der Waals surface area contributed by atoms with E-state index in [0.717, 1.165) is 16.7 Å². The lowest BCUT2D eigenvalue weighted by molar-refractivity contribution is -0.120. The summed E-state index contributed by atoms with van der Waals surface area (Å²) in [6, 6.07) is 24.8. The smallest absolute Gasteiger partial charge is 0.251 e. The first kappa shape index (κ1) is 22.5. The van der Waals surface area contributed by atoms with E-state index in [9.17, 15) is 9.59 Å². The van der Waals surface area contributed by atoms with E-state index in [1.807, 2.05) is 85.7 Å². The van der Waals surface area contributed by atoms with Crippen molar-refractivity contribution in [1.29, 1.82) is 0 Å². The number of likely N-dealkylation sites (N-methyl/N-ethyl adjacent to an activating group) is 1. The van der Waals surface area contributed by atoms with Crippen LogP contribution in [-0.2, 0) is 4.79 Å². The van der Waals surface area contributed by atoms with E-state index in [0.29, 0.717) is 17.1 Å². The molecule has 0 bridgehead atoms. The molecule has 0 aromatic heterocycles. The van der Waals surface area contributed by atoms with Crippen LogP contribution in [0.1, 0.15) is 22.0 Å². The third kappa shape index (κ3) is 6.17. The third-order valence-corrected chi connectivity index (χ3v) is 5.39. The fourth-order valence-electron chi connectivity index (χ4n) is 3.30. The van der Waals surface area contributed by atoms with Gasteiger partial charge in [-0.15, -0.1) is 0 Å². The Morgan fingerprint density at radius 3 is 2.10 bits per heavy atom. The van der Waals surface area contributed by atoms with Crippen LogP contribution in [0, 0.1) is 0 Å². The molecule has 0 fully saturated rings. The van der Waals surface area contributed by atoms with Crippen molar-refractivity contribution in [1.82, 2.24) is 15.5 Å². The topological polar surface area (TPSA) is 61.4 Å². The fourth-order valence-corrected chi connectivity index (χ4v) is 3.56. The van der Waals surface area contributed by atoms with E-state index in [-0.39, 0.29) is 24.4 Å². The summed E-state index contributed by atoms with van der Waals surface area (Å²) >= 11 is 6.30. The summed E-state index contributed by atoms with van der Waals surface area (Å²) < 4.78 is 0. The quantitative estimate of drug-likeness (QED) is 0.558. The van der Waals surface area contributed by atoms with Crippen LogP contribution in [-0.4, -0.2) is 43.9 Å². The minimum Gasteiger partial charge on any atom is -0.353 e. The molecule has 160 valence electrons. The Balaban J connectivity index is 1.52. The highest BCUT2D eigenvalue weighted by molar-refractivity contribution is 6.31. The second kappa shape index (κ2) is 10.8. The lowest BCUT2D eigenvalue weighted by Gasteiger charge is -2.26. The van der Waals surface area contributed by atoms with Crippen LogP contribution in [0.3, 0.4) is 0 Å². The molecule has 0 radical (unpaired) electrons. The number of nitrogens with one attached hydrogen (secondary N) is 2. The van der Waals surface area contributed by atoms with Crippen LogP contribution in [0.5, 0.6) is 0 Å². The van der Waals surface area contributed by atoms with Gasteiger partial charge in [-0.05, 0) is 49.0 Å². The molecule has 2 amide bonds. The molecule has 0 aliphatic rings. The van der Waals surface area contributed by atoms with Crippen molar-refractivity contribution in [2.24, 2.45) is 0 Å². The molecule has 1 atom stereocenters. The van der Waals surface area contributed by atoms with Gasteiger partial charge in [0.15, 0.2) is 0 Å². The van der Waals surface area contributed by atoms with Gasteiger partial charge in [-0.3, -0.25) is 9.59 Å². The molecule has 0 aliphatic heterocycles.